The number of nitrogens with zero attached hydrogens (tertiary/aromatic N) is 2. The minimum absolute atomic E-state index is 0.165. The molecule has 0 saturated carbocycles. The third-order valence-electron chi connectivity index (χ3n) is 17.0. The minimum Gasteiger partial charge on any atom is -0.399 e. The third kappa shape index (κ3) is 8.86. The van der Waals surface area contributed by atoms with Crippen LogP contribution in [-0.2, 0) is 24.8 Å². The fourth-order valence-corrected chi connectivity index (χ4v) is 12.9. The Kier molecular flexibility index (Phi) is 13.1. The molecule has 1 saturated heterocycles. The highest BCUT2D eigenvalue weighted by molar-refractivity contribution is 7.88. The number of aromatic nitrogens is 2. The second-order valence-corrected chi connectivity index (χ2v) is 24.2. The fourth-order valence-electron chi connectivity index (χ4n) is 12.0. The monoisotopic (exact) mass is 1200 g/mol. The van der Waals surface area contributed by atoms with Gasteiger partial charge in [-0.3, -0.25) is 4.98 Å². The second-order valence-electron chi connectivity index (χ2n) is 22.6. The molecule has 0 unspecified atom stereocenters. The molecule has 0 N–H and O–H groups in total. The van der Waals surface area contributed by atoms with E-state index < -0.39 is 44.6 Å². The van der Waals surface area contributed by atoms with Gasteiger partial charge in [0.15, 0.2) is 0 Å². The van der Waals surface area contributed by atoms with Crippen LogP contribution in [0.2, 0.25) is 0 Å². The topological polar surface area (TPSA) is 87.6 Å². The van der Waals surface area contributed by atoms with Crippen LogP contribution < -0.4 is 9.65 Å². The van der Waals surface area contributed by atoms with Crippen molar-refractivity contribution in [3.8, 4) is 50.5 Å². The Labute approximate surface area is 493 Å². The van der Waals surface area contributed by atoms with Gasteiger partial charge in [-0.2, -0.15) is 47.9 Å². The van der Waals surface area contributed by atoms with Crippen molar-refractivity contribution in [1.29, 1.82) is 0 Å². The van der Waals surface area contributed by atoms with Gasteiger partial charge < -0.3 is 13.5 Å². The summed E-state index contributed by atoms with van der Waals surface area (Å²) in [5.74, 6) is -15.8. The fraction of sp³-hybridized carbons (Fsp3) is 0.159. The molecule has 1 aliphatic heterocycles. The number of hydrogen-bond acceptors (Lipinski definition) is 7. The third-order valence-corrected chi connectivity index (χ3v) is 18.3. The summed E-state index contributed by atoms with van der Waals surface area (Å²) in [6, 6.07) is 59.1. The molecule has 2 aromatic heterocycles. The van der Waals surface area contributed by atoms with Gasteiger partial charge >= 0.3 is 40.5 Å². The number of halogens is 9. The summed E-state index contributed by atoms with van der Waals surface area (Å²) in [6.07, 6.45) is -1.45. The molecule has 1 fully saturated rings. The van der Waals surface area contributed by atoms with Gasteiger partial charge in [0.2, 0.25) is 0 Å². The zero-order chi connectivity index (χ0) is 61.3. The summed E-state index contributed by atoms with van der Waals surface area (Å²) >= 11 is 0. The molecular formula is C69H46BF9N2O5S. The Morgan fingerprint density at radius 2 is 1.08 bits per heavy atom. The van der Waals surface area contributed by atoms with Crippen LogP contribution >= 0.6 is 0 Å². The molecule has 0 radical (unpaired) electrons. The van der Waals surface area contributed by atoms with E-state index in [-0.39, 0.29) is 23.7 Å². The Balaban J connectivity index is 0.000000190. The van der Waals surface area contributed by atoms with E-state index in [1.807, 2.05) is 91.0 Å². The van der Waals surface area contributed by atoms with Gasteiger partial charge in [0.05, 0.1) is 33.5 Å². The highest BCUT2D eigenvalue weighted by Gasteiger charge is 2.86. The van der Waals surface area contributed by atoms with Crippen molar-refractivity contribution in [1.82, 2.24) is 9.97 Å². The minimum atomic E-state index is -7.41. The summed E-state index contributed by atoms with van der Waals surface area (Å²) in [5, 5.41) is -3.94. The Bertz CT molecular complexity index is 4700. The molecule has 14 rings (SSSR count). The van der Waals surface area contributed by atoms with Crippen LogP contribution in [-0.4, -0.2) is 60.0 Å². The lowest BCUT2D eigenvalue weighted by Crippen LogP contribution is -2.63. The lowest BCUT2D eigenvalue weighted by Gasteiger charge is -2.32. The molecule has 3 heterocycles. The van der Waals surface area contributed by atoms with Crippen LogP contribution in [0.15, 0.2) is 223 Å². The maximum atomic E-state index is 14.3. The molecule has 0 atom stereocenters. The summed E-state index contributed by atoms with van der Waals surface area (Å²) < 4.78 is 162. The number of para-hydroxylation sites is 1. The van der Waals surface area contributed by atoms with Crippen LogP contribution in [0.5, 0.6) is 5.75 Å². The van der Waals surface area contributed by atoms with E-state index in [2.05, 4.69) is 121 Å². The van der Waals surface area contributed by atoms with Crippen molar-refractivity contribution in [2.75, 3.05) is 0 Å². The summed E-state index contributed by atoms with van der Waals surface area (Å²) in [4.78, 5) is 9.33. The molecule has 4 aliphatic rings. The molecule has 8 aromatic carbocycles. The SMILES string of the molecule is CC1(C)OB(c2ccc(-c3cc(-c4ccccn4)nc4ccccc34)cc2)OC1(C)C.O=S(=O)(Oc1ccc2c(ccc3cc(-c4ccc5c(c4)C4(C6=C5C=C=C=C6)c5ccccc5-c5ccccc54)ccc32)c1)C(F)(F)C(F)(F)C(F)(F)C(F)(F)F. The van der Waals surface area contributed by atoms with E-state index in [1.165, 1.54) is 12.1 Å². The molecule has 18 heteroatoms. The Hall–Kier alpha value is -9.02. The predicted octanol–water partition coefficient (Wildman–Crippen LogP) is 17.0. The quantitative estimate of drug-likeness (QED) is 0.0468. The lowest BCUT2D eigenvalue weighted by molar-refractivity contribution is -0.382. The van der Waals surface area contributed by atoms with E-state index in [4.69, 9.17) is 14.3 Å². The molecular weight excluding hydrogens is 1150 g/mol. The summed E-state index contributed by atoms with van der Waals surface area (Å²) in [6.45, 7) is 8.29. The average molecular weight is 1200 g/mol. The lowest BCUT2D eigenvalue weighted by atomic mass is 9.69. The first kappa shape index (κ1) is 57.1. The van der Waals surface area contributed by atoms with Crippen molar-refractivity contribution in [2.45, 2.75) is 67.6 Å². The smallest absolute Gasteiger partial charge is 0.399 e. The number of alkyl halides is 9. The first-order valence-corrected chi connectivity index (χ1v) is 28.8. The van der Waals surface area contributed by atoms with Crippen LogP contribution in [0, 0.1) is 0 Å². The van der Waals surface area contributed by atoms with Gasteiger partial charge in [-0.25, -0.2) is 4.98 Å². The first-order valence-electron chi connectivity index (χ1n) is 27.4. The normalized spacial score (nSPS) is 16.3. The number of benzene rings is 8. The Morgan fingerprint density at radius 1 is 0.506 bits per heavy atom. The Morgan fingerprint density at radius 3 is 1.74 bits per heavy atom. The number of allylic oxidation sites excluding steroid dienone is 4. The van der Waals surface area contributed by atoms with Crippen LogP contribution in [0.3, 0.4) is 0 Å². The van der Waals surface area contributed by atoms with Gasteiger partial charge in [-0.05, 0) is 182 Å². The van der Waals surface area contributed by atoms with Crippen LogP contribution in [0.25, 0.3) is 82.8 Å². The highest BCUT2D eigenvalue weighted by Crippen LogP contribution is 2.63. The molecule has 3 aliphatic carbocycles. The van der Waals surface area contributed by atoms with E-state index in [9.17, 15) is 47.9 Å². The van der Waals surface area contributed by atoms with E-state index in [1.54, 1.807) is 18.3 Å². The van der Waals surface area contributed by atoms with Gasteiger partial charge in [-0.15, -0.1) is 0 Å². The summed E-state index contributed by atoms with van der Waals surface area (Å²) in [5.41, 5.74) is 21.5. The molecule has 0 bridgehead atoms. The van der Waals surface area contributed by atoms with Crippen molar-refractivity contribution in [2.24, 2.45) is 0 Å². The first-order chi connectivity index (χ1) is 41.3. The molecule has 434 valence electrons. The van der Waals surface area contributed by atoms with Gasteiger partial charge in [0, 0.05) is 11.6 Å². The second kappa shape index (κ2) is 20.0. The standard InChI is InChI=1S/C43H21F9O3S.C26H25BN2O2/c44-40(45,42(48,49)50)41(46,47)43(51,52)56(53,54)55-28-17-20-30-27(22-28)14-13-26-21-24(15-18-29(26)30)25-16-19-34-33-9-3-6-12-37(33)39(38(34)23-25)35-10-4-1-7-31(35)32-8-2-5-11-36(32)39;1-25(2)26(3,4)31-27(30-25)19-14-12-18(13-15-19)21-17-24(23-11-7-8-16-28-23)29-22-10-6-5-9-20(21)22/h1-2,4-5,7-23H;5-17H,1-4H3. The molecule has 0 amide bonds. The zero-order valence-corrected chi connectivity index (χ0v) is 47.3. The molecule has 1 spiro atoms. The van der Waals surface area contributed by atoms with Gasteiger partial charge in [0.1, 0.15) is 5.75 Å². The van der Waals surface area contributed by atoms with Crippen molar-refractivity contribution in [3.05, 3.63) is 246 Å². The molecule has 10 aromatic rings. The van der Waals surface area contributed by atoms with Crippen LogP contribution in [0.1, 0.15) is 49.9 Å². The summed E-state index contributed by atoms with van der Waals surface area (Å²) in [7, 11) is -7.46. The van der Waals surface area contributed by atoms with Crippen molar-refractivity contribution in [3.63, 3.8) is 0 Å². The predicted molar refractivity (Wildman–Crippen MR) is 318 cm³/mol. The van der Waals surface area contributed by atoms with Gasteiger partial charge in [-0.1, -0.05) is 151 Å². The van der Waals surface area contributed by atoms with E-state index in [0.717, 1.165) is 107 Å². The zero-order valence-electron chi connectivity index (χ0n) is 46.5. The number of pyridine rings is 2. The number of fused-ring (bicyclic) bond motifs is 13. The maximum Gasteiger partial charge on any atom is 0.494 e. The van der Waals surface area contributed by atoms with Crippen LogP contribution in [0.4, 0.5) is 39.5 Å². The number of hydrogen-bond donors (Lipinski definition) is 0. The average Bonchev–Trinajstić information content (AvgIpc) is 1.60. The van der Waals surface area contributed by atoms with Crippen molar-refractivity contribution < 1.29 is 61.4 Å². The largest absolute Gasteiger partial charge is 0.494 e. The van der Waals surface area contributed by atoms with Crippen molar-refractivity contribution >= 4 is 60.7 Å². The molecule has 87 heavy (non-hydrogen) atoms. The molecule has 7 nitrogen and oxygen atoms in total. The maximum absolute atomic E-state index is 14.3. The van der Waals surface area contributed by atoms with E-state index in [0.29, 0.717) is 16.2 Å². The highest BCUT2D eigenvalue weighted by atomic mass is 32.2. The van der Waals surface area contributed by atoms with E-state index >= 15 is 0 Å². The van der Waals surface area contributed by atoms with Gasteiger partial charge in [0.25, 0.3) is 0 Å². The number of rotatable bonds is 9.